The van der Waals surface area contributed by atoms with Crippen LogP contribution in [0, 0.1) is 0 Å². The van der Waals surface area contributed by atoms with E-state index in [1.807, 2.05) is 6.08 Å². The van der Waals surface area contributed by atoms with E-state index in [2.05, 4.69) is 43.9 Å². The molecule has 0 N–H and O–H groups in total. The van der Waals surface area contributed by atoms with Crippen molar-refractivity contribution in [2.45, 2.75) is 45.6 Å². The Morgan fingerprint density at radius 2 is 2.00 bits per heavy atom. The number of benzene rings is 1. The number of carbonyl (C=O) groups is 1. The summed E-state index contributed by atoms with van der Waals surface area (Å²) in [6.45, 7) is 7.48. The van der Waals surface area contributed by atoms with Crippen LogP contribution in [-0.2, 0) is 20.7 Å². The lowest BCUT2D eigenvalue weighted by Crippen LogP contribution is -2.32. The molecule has 27 heavy (non-hydrogen) atoms. The number of rotatable bonds is 4. The third-order valence-corrected chi connectivity index (χ3v) is 5.91. The minimum atomic E-state index is -0.625. The maximum Gasteiger partial charge on any atom is 0.196 e. The van der Waals surface area contributed by atoms with E-state index >= 15 is 0 Å². The third kappa shape index (κ3) is 2.66. The number of methoxy groups -OCH3 is 2. The van der Waals surface area contributed by atoms with Gasteiger partial charge in [-0.2, -0.15) is 0 Å². The van der Waals surface area contributed by atoms with Crippen molar-refractivity contribution in [3.8, 4) is 0 Å². The lowest BCUT2D eigenvalue weighted by molar-refractivity contribution is -0.125. The van der Waals surface area contributed by atoms with Gasteiger partial charge in [0.2, 0.25) is 0 Å². The highest BCUT2D eigenvalue weighted by Crippen LogP contribution is 2.47. The average Bonchev–Trinajstić information content (AvgIpc) is 3.03. The quantitative estimate of drug-likeness (QED) is 0.798. The number of fused-ring (bicyclic) bond motifs is 2. The molecule has 1 aromatic carbocycles. The molecule has 0 saturated carbocycles. The van der Waals surface area contributed by atoms with E-state index in [4.69, 9.17) is 9.47 Å². The summed E-state index contributed by atoms with van der Waals surface area (Å²) in [6.07, 6.45) is 2.98. The van der Waals surface area contributed by atoms with Gasteiger partial charge in [-0.05, 0) is 48.1 Å². The van der Waals surface area contributed by atoms with Crippen molar-refractivity contribution in [2.75, 3.05) is 25.7 Å². The molecule has 4 nitrogen and oxygen atoms in total. The number of hydrogen-bond acceptors (Lipinski definition) is 4. The maximum atomic E-state index is 13.0. The van der Waals surface area contributed by atoms with Gasteiger partial charge in [-0.15, -0.1) is 0 Å². The first-order chi connectivity index (χ1) is 13.0. The van der Waals surface area contributed by atoms with Gasteiger partial charge in [0, 0.05) is 42.6 Å². The van der Waals surface area contributed by atoms with Crippen molar-refractivity contribution >= 4 is 11.5 Å². The zero-order valence-electron chi connectivity index (χ0n) is 16.8. The standard InChI is InChI=1S/C23H27NO3/c1-6-24-19-8-7-14(13(2)3)9-15(19)10-16-11-18-17(21(16)24)12-20(26-4)23(27-5)22(18)25/h7-9,12-13,23H,6,10-11H2,1-5H3. The Hall–Kier alpha value is -2.33. The van der Waals surface area contributed by atoms with Crippen molar-refractivity contribution in [3.05, 3.63) is 63.6 Å². The highest BCUT2D eigenvalue weighted by molar-refractivity contribution is 6.05. The largest absolute Gasteiger partial charge is 0.498 e. The van der Waals surface area contributed by atoms with E-state index in [1.165, 1.54) is 28.1 Å². The molecule has 0 saturated heterocycles. The Morgan fingerprint density at radius 1 is 1.22 bits per heavy atom. The number of nitrogens with zero attached hydrogens (tertiary/aromatic N) is 1. The molecule has 1 unspecified atom stereocenters. The number of ketones is 1. The van der Waals surface area contributed by atoms with Crippen LogP contribution in [0.5, 0.6) is 0 Å². The Bertz CT molecular complexity index is 904. The molecular weight excluding hydrogens is 338 g/mol. The van der Waals surface area contributed by atoms with Gasteiger partial charge in [0.1, 0.15) is 5.76 Å². The molecule has 1 aromatic rings. The molecule has 0 bridgehead atoms. The summed E-state index contributed by atoms with van der Waals surface area (Å²) in [5, 5.41) is 0. The molecule has 0 amide bonds. The predicted molar refractivity (Wildman–Crippen MR) is 107 cm³/mol. The first kappa shape index (κ1) is 18.1. The molecule has 1 atom stereocenters. The van der Waals surface area contributed by atoms with Crippen molar-refractivity contribution in [3.63, 3.8) is 0 Å². The smallest absolute Gasteiger partial charge is 0.196 e. The van der Waals surface area contributed by atoms with E-state index in [0.29, 0.717) is 18.1 Å². The number of allylic oxidation sites excluding steroid dienone is 2. The molecule has 0 radical (unpaired) electrons. The van der Waals surface area contributed by atoms with Gasteiger partial charge in [0.05, 0.1) is 7.11 Å². The van der Waals surface area contributed by atoms with Crippen LogP contribution in [0.25, 0.3) is 0 Å². The average molecular weight is 365 g/mol. The van der Waals surface area contributed by atoms with Gasteiger partial charge in [-0.3, -0.25) is 4.79 Å². The number of likely N-dealkylation sites (N-methyl/N-ethyl adjacent to an activating group) is 1. The van der Waals surface area contributed by atoms with Crippen LogP contribution in [0.1, 0.15) is 44.2 Å². The first-order valence-corrected chi connectivity index (χ1v) is 9.68. The maximum absolute atomic E-state index is 13.0. The van der Waals surface area contributed by atoms with Crippen LogP contribution in [0.2, 0.25) is 0 Å². The number of Topliss-reactive ketones (excluding diaryl/α,β-unsaturated/α-hetero) is 1. The highest BCUT2D eigenvalue weighted by Gasteiger charge is 2.41. The lowest BCUT2D eigenvalue weighted by atomic mass is 9.91. The van der Waals surface area contributed by atoms with E-state index < -0.39 is 6.10 Å². The Morgan fingerprint density at radius 3 is 2.63 bits per heavy atom. The van der Waals surface area contributed by atoms with Crippen LogP contribution in [0.15, 0.2) is 52.5 Å². The fourth-order valence-electron chi connectivity index (χ4n) is 4.53. The van der Waals surface area contributed by atoms with E-state index in [1.54, 1.807) is 14.2 Å². The van der Waals surface area contributed by atoms with Crippen LogP contribution < -0.4 is 4.90 Å². The molecule has 142 valence electrons. The van der Waals surface area contributed by atoms with Crippen LogP contribution >= 0.6 is 0 Å². The van der Waals surface area contributed by atoms with Gasteiger partial charge in [-0.25, -0.2) is 0 Å². The summed E-state index contributed by atoms with van der Waals surface area (Å²) >= 11 is 0. The zero-order valence-corrected chi connectivity index (χ0v) is 16.8. The molecule has 4 rings (SSSR count). The molecule has 0 aromatic heterocycles. The van der Waals surface area contributed by atoms with Crippen molar-refractivity contribution in [1.82, 2.24) is 0 Å². The molecular formula is C23H27NO3. The molecule has 2 aliphatic carbocycles. The molecule has 3 aliphatic rings. The zero-order chi connectivity index (χ0) is 19.3. The number of anilines is 1. The van der Waals surface area contributed by atoms with Crippen molar-refractivity contribution in [2.24, 2.45) is 0 Å². The molecule has 1 aliphatic heterocycles. The second-order valence-electron chi connectivity index (χ2n) is 7.72. The number of ether oxygens (including phenoxy) is 2. The van der Waals surface area contributed by atoms with Gasteiger partial charge in [0.25, 0.3) is 0 Å². The number of hydrogen-bond donors (Lipinski definition) is 0. The second kappa shape index (κ2) is 6.68. The van der Waals surface area contributed by atoms with E-state index in [9.17, 15) is 4.79 Å². The van der Waals surface area contributed by atoms with E-state index in [0.717, 1.165) is 24.1 Å². The third-order valence-electron chi connectivity index (χ3n) is 5.91. The van der Waals surface area contributed by atoms with E-state index in [-0.39, 0.29) is 5.78 Å². The molecule has 1 heterocycles. The monoisotopic (exact) mass is 365 g/mol. The Labute approximate surface area is 161 Å². The minimum Gasteiger partial charge on any atom is -0.498 e. The summed E-state index contributed by atoms with van der Waals surface area (Å²) in [5.41, 5.74) is 8.36. The van der Waals surface area contributed by atoms with Crippen molar-refractivity contribution in [1.29, 1.82) is 0 Å². The second-order valence-corrected chi connectivity index (χ2v) is 7.72. The van der Waals surface area contributed by atoms with Gasteiger partial charge in [-0.1, -0.05) is 26.0 Å². The predicted octanol–water partition coefficient (Wildman–Crippen LogP) is 4.27. The fraction of sp³-hybridized carbons (Fsp3) is 0.435. The van der Waals surface area contributed by atoms with Crippen LogP contribution in [0.3, 0.4) is 0 Å². The first-order valence-electron chi connectivity index (χ1n) is 9.68. The Balaban J connectivity index is 1.79. The highest BCUT2D eigenvalue weighted by atomic mass is 16.5. The fourth-order valence-corrected chi connectivity index (χ4v) is 4.53. The molecule has 0 spiro atoms. The summed E-state index contributed by atoms with van der Waals surface area (Å²) in [5.74, 6) is 1.13. The lowest BCUT2D eigenvalue weighted by Gasteiger charge is -2.34. The van der Waals surface area contributed by atoms with Crippen LogP contribution in [0.4, 0.5) is 5.69 Å². The Kier molecular flexibility index (Phi) is 4.47. The summed E-state index contributed by atoms with van der Waals surface area (Å²) in [7, 11) is 3.16. The van der Waals surface area contributed by atoms with Crippen molar-refractivity contribution < 1.29 is 14.3 Å². The summed E-state index contributed by atoms with van der Waals surface area (Å²) < 4.78 is 10.9. The summed E-state index contributed by atoms with van der Waals surface area (Å²) in [6, 6.07) is 6.80. The molecule has 4 heteroatoms. The van der Waals surface area contributed by atoms with Gasteiger partial charge >= 0.3 is 0 Å². The SMILES string of the molecule is CCN1C2=C(CC3=C2C=C(OC)C(OC)C3=O)Cc2cc(C(C)C)ccc21. The van der Waals surface area contributed by atoms with Crippen LogP contribution in [-0.4, -0.2) is 32.7 Å². The normalized spacial score (nSPS) is 21.4. The number of carbonyl (C=O) groups excluding carboxylic acids is 1. The van der Waals surface area contributed by atoms with Gasteiger partial charge in [0.15, 0.2) is 11.9 Å². The summed E-state index contributed by atoms with van der Waals surface area (Å²) in [4.78, 5) is 15.4. The topological polar surface area (TPSA) is 38.8 Å². The molecule has 0 fully saturated rings. The van der Waals surface area contributed by atoms with Gasteiger partial charge < -0.3 is 14.4 Å². The minimum absolute atomic E-state index is 0.0317.